The van der Waals surface area contributed by atoms with Gasteiger partial charge in [-0.1, -0.05) is 51.1 Å². The Kier molecular flexibility index (Phi) is 6.66. The maximum absolute atomic E-state index is 10.8. The summed E-state index contributed by atoms with van der Waals surface area (Å²) < 4.78 is 11.5. The molecular formula is C28H35NO3. The fourth-order valence-electron chi connectivity index (χ4n) is 3.94. The number of methoxy groups -OCH3 is 1. The monoisotopic (exact) mass is 433 g/mol. The Labute approximate surface area is 192 Å². The molecule has 0 atom stereocenters. The number of pyridine rings is 1. The smallest absolute Gasteiger partial charge is 0.129 e. The van der Waals surface area contributed by atoms with Gasteiger partial charge in [-0.05, 0) is 61.9 Å². The second-order valence-corrected chi connectivity index (χ2v) is 9.94. The van der Waals surface area contributed by atoms with Crippen molar-refractivity contribution < 1.29 is 14.6 Å². The molecule has 2 aromatic carbocycles. The standard InChI is InChI=1S/C28H35NO3/c1-18-15-21(27(3,4)5)11-14-23(18)24-16-25(26(19(2)29-24)28(6,7)30)32-17-20-9-12-22(31-8)13-10-20/h9-16,30H,17H2,1-8H3. The van der Waals surface area contributed by atoms with Gasteiger partial charge in [-0.25, -0.2) is 0 Å². The van der Waals surface area contributed by atoms with E-state index < -0.39 is 5.60 Å². The first-order valence-electron chi connectivity index (χ1n) is 11.0. The van der Waals surface area contributed by atoms with Crippen LogP contribution in [0.15, 0.2) is 48.5 Å². The maximum Gasteiger partial charge on any atom is 0.129 e. The summed E-state index contributed by atoms with van der Waals surface area (Å²) in [7, 11) is 1.65. The summed E-state index contributed by atoms with van der Waals surface area (Å²) in [5.41, 5.74) is 5.88. The molecule has 0 bridgehead atoms. The summed E-state index contributed by atoms with van der Waals surface area (Å²) >= 11 is 0. The third-order valence-corrected chi connectivity index (χ3v) is 5.70. The van der Waals surface area contributed by atoms with E-state index in [1.165, 1.54) is 11.1 Å². The number of aliphatic hydroxyl groups is 1. The van der Waals surface area contributed by atoms with Gasteiger partial charge in [0.25, 0.3) is 0 Å². The number of nitrogens with zero attached hydrogens (tertiary/aromatic N) is 1. The molecule has 0 aliphatic carbocycles. The molecule has 1 heterocycles. The van der Waals surface area contributed by atoms with Gasteiger partial charge in [0.1, 0.15) is 18.1 Å². The highest BCUT2D eigenvalue weighted by Gasteiger charge is 2.26. The van der Waals surface area contributed by atoms with E-state index in [1.807, 2.05) is 37.3 Å². The van der Waals surface area contributed by atoms with Gasteiger partial charge in [0.05, 0.1) is 18.4 Å². The Morgan fingerprint density at radius 1 is 0.906 bits per heavy atom. The second kappa shape index (κ2) is 8.95. The summed E-state index contributed by atoms with van der Waals surface area (Å²) in [6.07, 6.45) is 0. The van der Waals surface area contributed by atoms with Gasteiger partial charge in [-0.15, -0.1) is 0 Å². The zero-order chi connectivity index (χ0) is 23.7. The molecule has 1 aromatic heterocycles. The molecule has 0 aliphatic heterocycles. The van der Waals surface area contributed by atoms with Gasteiger partial charge in [0.15, 0.2) is 0 Å². The lowest BCUT2D eigenvalue weighted by Crippen LogP contribution is -2.20. The van der Waals surface area contributed by atoms with Crippen LogP contribution in [0.1, 0.15) is 62.6 Å². The van der Waals surface area contributed by atoms with Crippen molar-refractivity contribution in [3.05, 3.63) is 76.5 Å². The largest absolute Gasteiger partial charge is 0.497 e. The first-order chi connectivity index (χ1) is 14.9. The fourth-order valence-corrected chi connectivity index (χ4v) is 3.94. The molecule has 0 aliphatic rings. The van der Waals surface area contributed by atoms with Crippen molar-refractivity contribution in [3.8, 4) is 22.8 Å². The molecule has 0 spiro atoms. The average Bonchev–Trinajstić information content (AvgIpc) is 2.70. The zero-order valence-corrected chi connectivity index (χ0v) is 20.5. The normalized spacial score (nSPS) is 12.0. The summed E-state index contributed by atoms with van der Waals surface area (Å²) in [6.45, 7) is 14.6. The van der Waals surface area contributed by atoms with Crippen molar-refractivity contribution in [2.45, 2.75) is 66.1 Å². The van der Waals surface area contributed by atoms with Crippen molar-refractivity contribution in [2.24, 2.45) is 0 Å². The summed E-state index contributed by atoms with van der Waals surface area (Å²) in [6, 6.07) is 16.3. The zero-order valence-electron chi connectivity index (χ0n) is 20.5. The molecule has 0 saturated heterocycles. The topological polar surface area (TPSA) is 51.6 Å². The van der Waals surface area contributed by atoms with Crippen LogP contribution in [0.5, 0.6) is 11.5 Å². The molecule has 0 amide bonds. The molecule has 3 rings (SSSR count). The molecule has 32 heavy (non-hydrogen) atoms. The van der Waals surface area contributed by atoms with Crippen LogP contribution in [0.25, 0.3) is 11.3 Å². The maximum atomic E-state index is 10.8. The van der Waals surface area contributed by atoms with E-state index in [4.69, 9.17) is 14.5 Å². The molecule has 0 radical (unpaired) electrons. The Hall–Kier alpha value is -2.85. The predicted octanol–water partition coefficient (Wildman–Crippen LogP) is 6.48. The number of rotatable bonds is 6. The van der Waals surface area contributed by atoms with E-state index in [1.54, 1.807) is 21.0 Å². The summed E-state index contributed by atoms with van der Waals surface area (Å²) in [5.74, 6) is 1.46. The molecule has 4 heteroatoms. The molecule has 4 nitrogen and oxygen atoms in total. The summed E-state index contributed by atoms with van der Waals surface area (Å²) in [5, 5.41) is 10.8. The highest BCUT2D eigenvalue weighted by Crippen LogP contribution is 2.37. The highest BCUT2D eigenvalue weighted by atomic mass is 16.5. The van der Waals surface area contributed by atoms with Crippen LogP contribution in [0.3, 0.4) is 0 Å². The van der Waals surface area contributed by atoms with Gasteiger partial charge in [-0.2, -0.15) is 0 Å². The number of hydrogen-bond donors (Lipinski definition) is 1. The summed E-state index contributed by atoms with van der Waals surface area (Å²) in [4.78, 5) is 4.84. The van der Waals surface area contributed by atoms with E-state index >= 15 is 0 Å². The Morgan fingerprint density at radius 2 is 1.56 bits per heavy atom. The molecular weight excluding hydrogens is 398 g/mol. The van der Waals surface area contributed by atoms with Crippen molar-refractivity contribution in [1.29, 1.82) is 0 Å². The lowest BCUT2D eigenvalue weighted by Gasteiger charge is -2.25. The van der Waals surface area contributed by atoms with E-state index in [-0.39, 0.29) is 5.41 Å². The third kappa shape index (κ3) is 5.31. The van der Waals surface area contributed by atoms with Crippen molar-refractivity contribution in [2.75, 3.05) is 7.11 Å². The lowest BCUT2D eigenvalue weighted by atomic mass is 9.85. The minimum Gasteiger partial charge on any atom is -0.497 e. The van der Waals surface area contributed by atoms with Gasteiger partial charge >= 0.3 is 0 Å². The molecule has 170 valence electrons. The molecule has 3 aromatic rings. The number of aryl methyl sites for hydroxylation is 2. The Morgan fingerprint density at radius 3 is 2.09 bits per heavy atom. The van der Waals surface area contributed by atoms with Crippen LogP contribution in [0.4, 0.5) is 0 Å². The number of aromatic nitrogens is 1. The van der Waals surface area contributed by atoms with Crippen molar-refractivity contribution in [3.63, 3.8) is 0 Å². The molecule has 0 unspecified atom stereocenters. The minimum atomic E-state index is -1.07. The van der Waals surface area contributed by atoms with E-state index in [0.29, 0.717) is 17.9 Å². The average molecular weight is 434 g/mol. The molecule has 1 N–H and O–H groups in total. The first kappa shape index (κ1) is 23.8. The predicted molar refractivity (Wildman–Crippen MR) is 130 cm³/mol. The number of hydrogen-bond acceptors (Lipinski definition) is 4. The highest BCUT2D eigenvalue weighted by molar-refractivity contribution is 5.67. The third-order valence-electron chi connectivity index (χ3n) is 5.70. The SMILES string of the molecule is COc1ccc(COc2cc(-c3ccc(C(C)(C)C)cc3C)nc(C)c2C(C)(C)O)cc1. The van der Waals surface area contributed by atoms with E-state index in [2.05, 4.69) is 45.9 Å². The first-order valence-corrected chi connectivity index (χ1v) is 11.0. The van der Waals surface area contributed by atoms with E-state index in [0.717, 1.165) is 28.3 Å². The van der Waals surface area contributed by atoms with Crippen LogP contribution in [-0.4, -0.2) is 17.2 Å². The van der Waals surface area contributed by atoms with Crippen LogP contribution in [0, 0.1) is 13.8 Å². The fraction of sp³-hybridized carbons (Fsp3) is 0.393. The Balaban J connectivity index is 2.01. The molecule has 0 saturated carbocycles. The molecule has 0 fully saturated rings. The Bertz CT molecular complexity index is 1090. The van der Waals surface area contributed by atoms with Gasteiger partial charge in [0, 0.05) is 22.9 Å². The van der Waals surface area contributed by atoms with Gasteiger partial charge in [-0.3, -0.25) is 4.98 Å². The van der Waals surface area contributed by atoms with Gasteiger partial charge in [0.2, 0.25) is 0 Å². The number of benzene rings is 2. The lowest BCUT2D eigenvalue weighted by molar-refractivity contribution is 0.0732. The van der Waals surface area contributed by atoms with Crippen LogP contribution in [0.2, 0.25) is 0 Å². The van der Waals surface area contributed by atoms with Crippen molar-refractivity contribution >= 4 is 0 Å². The minimum absolute atomic E-state index is 0.0873. The van der Waals surface area contributed by atoms with E-state index in [9.17, 15) is 5.11 Å². The number of ether oxygens (including phenoxy) is 2. The van der Waals surface area contributed by atoms with Crippen molar-refractivity contribution in [1.82, 2.24) is 4.98 Å². The van der Waals surface area contributed by atoms with Crippen LogP contribution >= 0.6 is 0 Å². The van der Waals surface area contributed by atoms with Crippen LogP contribution in [-0.2, 0) is 17.6 Å². The van der Waals surface area contributed by atoms with Gasteiger partial charge < -0.3 is 14.6 Å². The van der Waals surface area contributed by atoms with Crippen LogP contribution < -0.4 is 9.47 Å². The quantitative estimate of drug-likeness (QED) is 0.483. The second-order valence-electron chi connectivity index (χ2n) is 9.94.